The van der Waals surface area contributed by atoms with Gasteiger partial charge in [0, 0.05) is 52.0 Å². The minimum atomic E-state index is -0.231. The van der Waals surface area contributed by atoms with Gasteiger partial charge in [0.2, 0.25) is 6.41 Å². The largest absolute Gasteiger partial charge is 0.390 e. The van der Waals surface area contributed by atoms with Gasteiger partial charge in [0.05, 0.1) is 0 Å². The van der Waals surface area contributed by atoms with Crippen LogP contribution in [0, 0.1) is 11.3 Å². The first-order chi connectivity index (χ1) is 12.7. The van der Waals surface area contributed by atoms with E-state index in [9.17, 15) is 14.9 Å². The number of piperazine rings is 1. The fraction of sp³-hybridized carbons (Fsp3) is 0.421. The summed E-state index contributed by atoms with van der Waals surface area (Å²) in [6.45, 7) is 4.85. The molecular weight excluding hydrogens is 330 g/mol. The summed E-state index contributed by atoms with van der Waals surface area (Å²) in [5.74, 6) is -0.231. The minimum Gasteiger partial charge on any atom is -0.390 e. The molecule has 2 amide bonds. The Labute approximate surface area is 154 Å². The van der Waals surface area contributed by atoms with Crippen LogP contribution in [0.3, 0.4) is 0 Å². The van der Waals surface area contributed by atoms with Gasteiger partial charge in [-0.1, -0.05) is 30.3 Å². The van der Waals surface area contributed by atoms with Crippen molar-refractivity contribution in [1.82, 2.24) is 20.4 Å². The number of nitrogens with zero attached hydrogens (tertiary/aromatic N) is 3. The third kappa shape index (κ3) is 6.22. The second-order valence-corrected chi connectivity index (χ2v) is 6.10. The lowest BCUT2D eigenvalue weighted by Crippen LogP contribution is -2.48. The quantitative estimate of drug-likeness (QED) is 0.291. The number of nitriles is 1. The van der Waals surface area contributed by atoms with Crippen molar-refractivity contribution in [3.05, 3.63) is 47.7 Å². The lowest BCUT2D eigenvalue weighted by Gasteiger charge is -2.34. The van der Waals surface area contributed by atoms with Gasteiger partial charge < -0.3 is 15.5 Å². The van der Waals surface area contributed by atoms with E-state index in [1.807, 2.05) is 24.3 Å². The molecule has 2 N–H and O–H groups in total. The summed E-state index contributed by atoms with van der Waals surface area (Å²) in [7, 11) is 0. The van der Waals surface area contributed by atoms with E-state index in [-0.39, 0.29) is 11.5 Å². The zero-order valence-corrected chi connectivity index (χ0v) is 14.9. The van der Waals surface area contributed by atoms with E-state index in [0.29, 0.717) is 32.6 Å². The number of hydrogen-bond donors (Lipinski definition) is 2. The summed E-state index contributed by atoms with van der Waals surface area (Å²) in [4.78, 5) is 26.7. The first-order valence-electron chi connectivity index (χ1n) is 8.81. The smallest absolute Gasteiger partial charge is 0.266 e. The predicted octanol–water partition coefficient (Wildman–Crippen LogP) is 0.464. The molecule has 0 saturated carbocycles. The van der Waals surface area contributed by atoms with E-state index in [0.717, 1.165) is 26.1 Å². The molecule has 0 aromatic heterocycles. The van der Waals surface area contributed by atoms with Crippen LogP contribution in [0.5, 0.6) is 0 Å². The third-order valence-electron chi connectivity index (χ3n) is 4.23. The highest BCUT2D eigenvalue weighted by Gasteiger charge is 2.23. The summed E-state index contributed by atoms with van der Waals surface area (Å²) in [6, 6.07) is 12.2. The fourth-order valence-corrected chi connectivity index (χ4v) is 2.79. The molecule has 7 heteroatoms. The molecular formula is C19H25N5O2. The Morgan fingerprint density at radius 2 is 1.81 bits per heavy atom. The van der Waals surface area contributed by atoms with Crippen LogP contribution in [-0.4, -0.2) is 61.4 Å². The number of amides is 2. The standard InChI is InChI=1S/C19H25N5O2/c20-13-18(14-21-7-4-8-22-16-25)19(26)24-11-9-23(10-12-24)15-17-5-2-1-3-6-17/h1-3,5-6,14,16,21H,4,7-12,15H2,(H,22,25)/b18-14-. The summed E-state index contributed by atoms with van der Waals surface area (Å²) in [6.07, 6.45) is 2.84. The van der Waals surface area contributed by atoms with Gasteiger partial charge >= 0.3 is 0 Å². The molecule has 1 aromatic rings. The number of carbonyl (C=O) groups excluding carboxylic acids is 2. The molecule has 1 aromatic carbocycles. The van der Waals surface area contributed by atoms with Crippen molar-refractivity contribution in [3.8, 4) is 6.07 Å². The van der Waals surface area contributed by atoms with E-state index in [2.05, 4.69) is 27.7 Å². The minimum absolute atomic E-state index is 0.116. The average molecular weight is 355 g/mol. The zero-order chi connectivity index (χ0) is 18.6. The van der Waals surface area contributed by atoms with Gasteiger partial charge in [-0.15, -0.1) is 0 Å². The van der Waals surface area contributed by atoms with Crippen LogP contribution in [-0.2, 0) is 16.1 Å². The van der Waals surface area contributed by atoms with Gasteiger partial charge in [0.15, 0.2) is 0 Å². The lowest BCUT2D eigenvalue weighted by atomic mass is 10.2. The van der Waals surface area contributed by atoms with E-state index in [1.54, 1.807) is 4.90 Å². The molecule has 1 aliphatic heterocycles. The second-order valence-electron chi connectivity index (χ2n) is 6.10. The molecule has 0 bridgehead atoms. The summed E-state index contributed by atoms with van der Waals surface area (Å²) in [5.41, 5.74) is 1.38. The molecule has 0 spiro atoms. The highest BCUT2D eigenvalue weighted by molar-refractivity contribution is 5.97. The van der Waals surface area contributed by atoms with Gasteiger partial charge in [0.1, 0.15) is 11.6 Å². The van der Waals surface area contributed by atoms with Gasteiger partial charge in [-0.25, -0.2) is 0 Å². The molecule has 0 atom stereocenters. The van der Waals surface area contributed by atoms with Crippen LogP contribution in [0.2, 0.25) is 0 Å². The van der Waals surface area contributed by atoms with Crippen LogP contribution in [0.1, 0.15) is 12.0 Å². The van der Waals surface area contributed by atoms with E-state index >= 15 is 0 Å². The number of benzene rings is 1. The SMILES string of the molecule is N#C/C(=C/NCCCNC=O)C(=O)N1CCN(Cc2ccccc2)CC1. The predicted molar refractivity (Wildman–Crippen MR) is 98.7 cm³/mol. The topological polar surface area (TPSA) is 88.5 Å². The lowest BCUT2D eigenvalue weighted by molar-refractivity contribution is -0.128. The summed E-state index contributed by atoms with van der Waals surface area (Å²) >= 11 is 0. The molecule has 2 rings (SSSR count). The Morgan fingerprint density at radius 1 is 1.12 bits per heavy atom. The average Bonchev–Trinajstić information content (AvgIpc) is 2.68. The molecule has 0 radical (unpaired) electrons. The molecule has 1 saturated heterocycles. The molecule has 0 unspecified atom stereocenters. The molecule has 1 aliphatic rings. The Kier molecular flexibility index (Phi) is 8.16. The number of rotatable bonds is 9. The number of carbonyl (C=O) groups is 2. The molecule has 0 aliphatic carbocycles. The number of nitrogens with one attached hydrogen (secondary N) is 2. The third-order valence-corrected chi connectivity index (χ3v) is 4.23. The van der Waals surface area contributed by atoms with Crippen LogP contribution in [0.25, 0.3) is 0 Å². The normalized spacial score (nSPS) is 15.2. The highest BCUT2D eigenvalue weighted by atomic mass is 16.2. The van der Waals surface area contributed by atoms with Crippen molar-refractivity contribution in [2.24, 2.45) is 0 Å². The Hall–Kier alpha value is -2.85. The zero-order valence-electron chi connectivity index (χ0n) is 14.9. The van der Waals surface area contributed by atoms with Crippen molar-refractivity contribution in [3.63, 3.8) is 0 Å². The first kappa shape index (κ1) is 19.5. The first-order valence-corrected chi connectivity index (χ1v) is 8.81. The van der Waals surface area contributed by atoms with Crippen molar-refractivity contribution >= 4 is 12.3 Å². The van der Waals surface area contributed by atoms with E-state index in [4.69, 9.17) is 0 Å². The van der Waals surface area contributed by atoms with Gasteiger partial charge in [-0.2, -0.15) is 5.26 Å². The summed E-state index contributed by atoms with van der Waals surface area (Å²) in [5, 5.41) is 14.8. The van der Waals surface area contributed by atoms with Crippen LogP contribution >= 0.6 is 0 Å². The maximum Gasteiger partial charge on any atom is 0.266 e. The van der Waals surface area contributed by atoms with Crippen LogP contribution in [0.4, 0.5) is 0 Å². The van der Waals surface area contributed by atoms with Crippen LogP contribution < -0.4 is 10.6 Å². The van der Waals surface area contributed by atoms with Crippen molar-refractivity contribution < 1.29 is 9.59 Å². The molecule has 1 heterocycles. The number of hydrogen-bond acceptors (Lipinski definition) is 5. The van der Waals surface area contributed by atoms with Gasteiger partial charge in [-0.3, -0.25) is 14.5 Å². The molecule has 138 valence electrons. The van der Waals surface area contributed by atoms with Crippen molar-refractivity contribution in [1.29, 1.82) is 5.26 Å². The monoisotopic (exact) mass is 355 g/mol. The summed E-state index contributed by atoms with van der Waals surface area (Å²) < 4.78 is 0. The second kappa shape index (κ2) is 10.9. The van der Waals surface area contributed by atoms with Gasteiger partial charge in [-0.05, 0) is 12.0 Å². The maximum absolute atomic E-state index is 12.5. The Morgan fingerprint density at radius 3 is 2.46 bits per heavy atom. The van der Waals surface area contributed by atoms with Crippen molar-refractivity contribution in [2.75, 3.05) is 39.3 Å². The maximum atomic E-state index is 12.5. The molecule has 26 heavy (non-hydrogen) atoms. The fourth-order valence-electron chi connectivity index (χ4n) is 2.79. The Bertz CT molecular complexity index is 646. The van der Waals surface area contributed by atoms with Crippen LogP contribution in [0.15, 0.2) is 42.1 Å². The highest BCUT2D eigenvalue weighted by Crippen LogP contribution is 2.10. The van der Waals surface area contributed by atoms with Gasteiger partial charge in [0.25, 0.3) is 5.91 Å². The van der Waals surface area contributed by atoms with Crippen molar-refractivity contribution in [2.45, 2.75) is 13.0 Å². The van der Waals surface area contributed by atoms with E-state index in [1.165, 1.54) is 11.8 Å². The molecule has 1 fully saturated rings. The van der Waals surface area contributed by atoms with E-state index < -0.39 is 0 Å². The molecule has 7 nitrogen and oxygen atoms in total. The Balaban J connectivity index is 1.76.